The van der Waals surface area contributed by atoms with Crippen molar-refractivity contribution in [3.05, 3.63) is 70.6 Å². The molecular formula is C15H11N3O2. The second-order valence-electron chi connectivity index (χ2n) is 4.26. The Morgan fingerprint density at radius 2 is 1.90 bits per heavy atom. The monoisotopic (exact) mass is 265 g/mol. The van der Waals surface area contributed by atoms with E-state index in [9.17, 15) is 9.59 Å². The molecule has 0 bridgehead atoms. The van der Waals surface area contributed by atoms with Gasteiger partial charge in [-0.2, -0.15) is 0 Å². The van der Waals surface area contributed by atoms with Crippen LogP contribution >= 0.6 is 0 Å². The number of carbonyl (C=O) groups excluding carboxylic acids is 1. The third-order valence-corrected chi connectivity index (χ3v) is 2.90. The Labute approximate surface area is 114 Å². The highest BCUT2D eigenvalue weighted by Crippen LogP contribution is 2.15. The lowest BCUT2D eigenvalue weighted by Crippen LogP contribution is -2.17. The van der Waals surface area contributed by atoms with Crippen molar-refractivity contribution in [2.75, 3.05) is 5.32 Å². The number of anilines is 1. The van der Waals surface area contributed by atoms with Crippen LogP contribution in [0.2, 0.25) is 0 Å². The van der Waals surface area contributed by atoms with Crippen molar-refractivity contribution in [1.29, 1.82) is 0 Å². The normalized spacial score (nSPS) is 10.4. The van der Waals surface area contributed by atoms with Crippen molar-refractivity contribution >= 4 is 22.6 Å². The number of pyridine rings is 2. The van der Waals surface area contributed by atoms with E-state index >= 15 is 0 Å². The minimum atomic E-state index is -0.356. The zero-order chi connectivity index (χ0) is 13.9. The molecule has 3 aromatic rings. The number of hydrogen-bond donors (Lipinski definition) is 2. The molecule has 5 heteroatoms. The Hall–Kier alpha value is -2.95. The third kappa shape index (κ3) is 2.29. The van der Waals surface area contributed by atoms with Gasteiger partial charge in [0.25, 0.3) is 5.91 Å². The van der Waals surface area contributed by atoms with E-state index in [0.717, 1.165) is 0 Å². The van der Waals surface area contributed by atoms with E-state index in [4.69, 9.17) is 0 Å². The van der Waals surface area contributed by atoms with Crippen LogP contribution in [0.25, 0.3) is 10.9 Å². The third-order valence-electron chi connectivity index (χ3n) is 2.90. The molecule has 98 valence electrons. The average Bonchev–Trinajstić information content (AvgIpc) is 2.47. The van der Waals surface area contributed by atoms with Crippen molar-refractivity contribution < 1.29 is 4.79 Å². The fourth-order valence-electron chi connectivity index (χ4n) is 2.01. The zero-order valence-corrected chi connectivity index (χ0v) is 10.5. The van der Waals surface area contributed by atoms with Crippen LogP contribution < -0.4 is 10.9 Å². The molecule has 0 fully saturated rings. The van der Waals surface area contributed by atoms with Crippen LogP contribution in [0, 0.1) is 0 Å². The molecule has 2 aromatic heterocycles. The highest BCUT2D eigenvalue weighted by Gasteiger charge is 2.12. The number of hydrogen-bond acceptors (Lipinski definition) is 3. The number of rotatable bonds is 2. The molecule has 1 amide bonds. The average molecular weight is 265 g/mol. The largest absolute Gasteiger partial charge is 0.322 e. The number of H-pyrrole nitrogens is 1. The summed E-state index contributed by atoms with van der Waals surface area (Å²) in [5.74, 6) is 0.0906. The fourth-order valence-corrected chi connectivity index (χ4v) is 2.01. The summed E-state index contributed by atoms with van der Waals surface area (Å²) in [6, 6.07) is 13.7. The summed E-state index contributed by atoms with van der Waals surface area (Å²) in [6.07, 6.45) is 1.59. The number of aromatic amines is 1. The minimum absolute atomic E-state index is 0.310. The van der Waals surface area contributed by atoms with Crippen molar-refractivity contribution in [1.82, 2.24) is 9.97 Å². The van der Waals surface area contributed by atoms with E-state index in [0.29, 0.717) is 22.3 Å². The fraction of sp³-hybridized carbons (Fsp3) is 0. The molecule has 0 atom stereocenters. The molecule has 1 aromatic carbocycles. The summed E-state index contributed by atoms with van der Waals surface area (Å²) in [6.45, 7) is 0. The molecule has 2 heterocycles. The Morgan fingerprint density at radius 3 is 2.70 bits per heavy atom. The van der Waals surface area contributed by atoms with E-state index < -0.39 is 0 Å². The van der Waals surface area contributed by atoms with Gasteiger partial charge in [0, 0.05) is 23.2 Å². The Bertz CT molecular complexity index is 825. The second-order valence-corrected chi connectivity index (χ2v) is 4.26. The van der Waals surface area contributed by atoms with E-state index in [1.807, 2.05) is 6.07 Å². The van der Waals surface area contributed by atoms with Crippen molar-refractivity contribution in [2.24, 2.45) is 0 Å². The summed E-state index contributed by atoms with van der Waals surface area (Å²) in [5.41, 5.74) is 0.649. The van der Waals surface area contributed by atoms with Gasteiger partial charge >= 0.3 is 0 Å². The van der Waals surface area contributed by atoms with Crippen LogP contribution in [0.15, 0.2) is 59.5 Å². The number of aromatic nitrogens is 2. The standard InChI is InChI=1S/C15H11N3O2/c19-14-9-11(10-5-1-2-6-12(10)17-14)15(20)18-13-7-3-4-8-16-13/h1-9H,(H,17,19)(H,16,18,20). The highest BCUT2D eigenvalue weighted by molar-refractivity contribution is 6.11. The van der Waals surface area contributed by atoms with E-state index in [1.165, 1.54) is 6.07 Å². The van der Waals surface area contributed by atoms with Crippen LogP contribution in [-0.2, 0) is 0 Å². The SMILES string of the molecule is O=C(Nc1ccccn1)c1cc(=O)[nH]c2ccccc12. The van der Waals surface area contributed by atoms with Crippen LogP contribution in [-0.4, -0.2) is 15.9 Å². The van der Waals surface area contributed by atoms with Gasteiger partial charge in [-0.3, -0.25) is 9.59 Å². The molecular weight excluding hydrogens is 254 g/mol. The number of benzene rings is 1. The lowest BCUT2D eigenvalue weighted by molar-refractivity contribution is 0.102. The first-order valence-corrected chi connectivity index (χ1v) is 6.08. The number of nitrogens with one attached hydrogen (secondary N) is 2. The van der Waals surface area contributed by atoms with Crippen LogP contribution in [0.3, 0.4) is 0 Å². The van der Waals surface area contributed by atoms with Gasteiger partial charge in [0.15, 0.2) is 0 Å². The van der Waals surface area contributed by atoms with Crippen molar-refractivity contribution in [2.45, 2.75) is 0 Å². The molecule has 2 N–H and O–H groups in total. The number of amides is 1. The maximum absolute atomic E-state index is 12.3. The van der Waals surface area contributed by atoms with Gasteiger partial charge in [0.05, 0.1) is 5.56 Å². The Morgan fingerprint density at radius 1 is 1.10 bits per heavy atom. The molecule has 0 spiro atoms. The molecule has 3 rings (SSSR count). The summed E-state index contributed by atoms with van der Waals surface area (Å²) in [4.78, 5) is 30.6. The van der Waals surface area contributed by atoms with Crippen LogP contribution in [0.1, 0.15) is 10.4 Å². The summed E-state index contributed by atoms with van der Waals surface area (Å²) < 4.78 is 0. The quantitative estimate of drug-likeness (QED) is 0.745. The molecule has 0 saturated carbocycles. The van der Waals surface area contributed by atoms with Crippen molar-refractivity contribution in [3.8, 4) is 0 Å². The number of carbonyl (C=O) groups is 1. The predicted octanol–water partition coefficient (Wildman–Crippen LogP) is 2.18. The smallest absolute Gasteiger partial charge is 0.257 e. The number of fused-ring (bicyclic) bond motifs is 1. The van der Waals surface area contributed by atoms with Gasteiger partial charge < -0.3 is 10.3 Å². The maximum atomic E-state index is 12.3. The Balaban J connectivity index is 2.05. The number of nitrogens with zero attached hydrogens (tertiary/aromatic N) is 1. The van der Waals surface area contributed by atoms with Gasteiger partial charge in [-0.25, -0.2) is 4.98 Å². The molecule has 5 nitrogen and oxygen atoms in total. The van der Waals surface area contributed by atoms with E-state index in [-0.39, 0.29) is 11.5 Å². The molecule has 0 radical (unpaired) electrons. The van der Waals surface area contributed by atoms with Gasteiger partial charge in [0.1, 0.15) is 5.82 Å². The van der Waals surface area contributed by atoms with Crippen LogP contribution in [0.4, 0.5) is 5.82 Å². The second kappa shape index (κ2) is 4.97. The first-order valence-electron chi connectivity index (χ1n) is 6.08. The molecule has 0 saturated heterocycles. The minimum Gasteiger partial charge on any atom is -0.322 e. The maximum Gasteiger partial charge on any atom is 0.257 e. The summed E-state index contributed by atoms with van der Waals surface area (Å²) in [7, 11) is 0. The lowest BCUT2D eigenvalue weighted by Gasteiger charge is -2.06. The van der Waals surface area contributed by atoms with Crippen LogP contribution in [0.5, 0.6) is 0 Å². The topological polar surface area (TPSA) is 74.8 Å². The molecule has 0 unspecified atom stereocenters. The van der Waals surface area contributed by atoms with Gasteiger partial charge in [-0.15, -0.1) is 0 Å². The van der Waals surface area contributed by atoms with E-state index in [1.54, 1.807) is 42.6 Å². The molecule has 0 aliphatic rings. The summed E-state index contributed by atoms with van der Waals surface area (Å²) >= 11 is 0. The first-order chi connectivity index (χ1) is 9.74. The van der Waals surface area contributed by atoms with Gasteiger partial charge in [0.2, 0.25) is 5.56 Å². The molecule has 20 heavy (non-hydrogen) atoms. The van der Waals surface area contributed by atoms with Gasteiger partial charge in [-0.05, 0) is 18.2 Å². The first kappa shape index (κ1) is 12.1. The molecule has 0 aliphatic heterocycles. The predicted molar refractivity (Wildman–Crippen MR) is 76.8 cm³/mol. The molecule has 0 aliphatic carbocycles. The zero-order valence-electron chi connectivity index (χ0n) is 10.5. The van der Waals surface area contributed by atoms with Crippen molar-refractivity contribution in [3.63, 3.8) is 0 Å². The lowest BCUT2D eigenvalue weighted by atomic mass is 10.1. The Kier molecular flexibility index (Phi) is 3.01. The number of para-hydroxylation sites is 1. The van der Waals surface area contributed by atoms with Gasteiger partial charge in [-0.1, -0.05) is 24.3 Å². The highest BCUT2D eigenvalue weighted by atomic mass is 16.2. The van der Waals surface area contributed by atoms with E-state index in [2.05, 4.69) is 15.3 Å². The summed E-state index contributed by atoms with van der Waals surface area (Å²) in [5, 5.41) is 3.37.